The molecule has 0 radical (unpaired) electrons. The first-order chi connectivity index (χ1) is 13.7. The molecule has 2 rings (SSSR count). The minimum atomic E-state index is -3.68. The molecule has 1 aliphatic rings. The summed E-state index contributed by atoms with van der Waals surface area (Å²) in [4.78, 5) is 17.4. The summed E-state index contributed by atoms with van der Waals surface area (Å²) in [5, 5.41) is 3.08. The third kappa shape index (κ3) is 7.53. The van der Waals surface area contributed by atoms with Crippen molar-refractivity contribution in [3.05, 3.63) is 28.8 Å². The number of carbonyl (C=O) groups excluding carboxylic acids is 1. The van der Waals surface area contributed by atoms with Crippen LogP contribution < -0.4 is 10.0 Å². The van der Waals surface area contributed by atoms with E-state index < -0.39 is 10.0 Å². The van der Waals surface area contributed by atoms with E-state index in [0.29, 0.717) is 6.54 Å². The van der Waals surface area contributed by atoms with Crippen molar-refractivity contribution in [1.29, 1.82) is 0 Å². The Morgan fingerprint density at radius 2 is 1.79 bits per heavy atom. The molecule has 0 atom stereocenters. The molecular formula is C20H33ClN4O3S. The minimum Gasteiger partial charge on any atom is -0.352 e. The van der Waals surface area contributed by atoms with Crippen LogP contribution >= 0.6 is 11.6 Å². The number of unbranched alkanes of at least 4 members (excludes halogenated alkanes) is 1. The Bertz CT molecular complexity index is 778. The summed E-state index contributed by atoms with van der Waals surface area (Å²) in [5.41, 5.74) is 0.175. The Morgan fingerprint density at radius 1 is 1.14 bits per heavy atom. The Balaban J connectivity index is 1.81. The molecule has 1 fully saturated rings. The number of halogens is 1. The van der Waals surface area contributed by atoms with Crippen LogP contribution in [0.15, 0.2) is 23.1 Å². The molecule has 1 aromatic carbocycles. The number of hydrogen-bond acceptors (Lipinski definition) is 5. The first-order valence-corrected chi connectivity index (χ1v) is 12.1. The predicted octanol–water partition coefficient (Wildman–Crippen LogP) is 2.17. The first kappa shape index (κ1) is 24.1. The average molecular weight is 445 g/mol. The van der Waals surface area contributed by atoms with Gasteiger partial charge in [0.25, 0.3) is 5.91 Å². The van der Waals surface area contributed by atoms with E-state index >= 15 is 0 Å². The zero-order valence-corrected chi connectivity index (χ0v) is 19.2. The lowest BCUT2D eigenvalue weighted by Crippen LogP contribution is -2.46. The second-order valence-corrected chi connectivity index (χ2v) is 9.78. The second kappa shape index (κ2) is 11.3. The Morgan fingerprint density at radius 3 is 2.41 bits per heavy atom. The predicted molar refractivity (Wildman–Crippen MR) is 117 cm³/mol. The zero-order chi connectivity index (χ0) is 21.4. The fourth-order valence-corrected chi connectivity index (χ4v) is 4.79. The van der Waals surface area contributed by atoms with Gasteiger partial charge in [-0.15, -0.1) is 0 Å². The van der Waals surface area contributed by atoms with Gasteiger partial charge in [-0.2, -0.15) is 0 Å². The van der Waals surface area contributed by atoms with Crippen LogP contribution in [-0.2, 0) is 10.0 Å². The van der Waals surface area contributed by atoms with E-state index in [1.54, 1.807) is 13.8 Å². The smallest absolute Gasteiger partial charge is 0.252 e. The van der Waals surface area contributed by atoms with Gasteiger partial charge in [0.15, 0.2) is 0 Å². The van der Waals surface area contributed by atoms with Gasteiger partial charge in [0.05, 0.1) is 15.5 Å². The highest BCUT2D eigenvalue weighted by Gasteiger charge is 2.19. The van der Waals surface area contributed by atoms with Gasteiger partial charge in [-0.05, 0) is 58.0 Å². The summed E-state index contributed by atoms with van der Waals surface area (Å²) in [5.74, 6) is -0.354. The number of nitrogens with zero attached hydrogens (tertiary/aromatic N) is 2. The Hall–Kier alpha value is -1.19. The summed E-state index contributed by atoms with van der Waals surface area (Å²) in [7, 11) is -3.68. The van der Waals surface area contributed by atoms with E-state index in [2.05, 4.69) is 26.8 Å². The zero-order valence-electron chi connectivity index (χ0n) is 17.6. The molecule has 1 amide bonds. The molecule has 1 aromatic rings. The minimum absolute atomic E-state index is 0.0342. The average Bonchev–Trinajstić information content (AvgIpc) is 2.67. The largest absolute Gasteiger partial charge is 0.352 e. The molecule has 0 aromatic heterocycles. The molecule has 0 spiro atoms. The quantitative estimate of drug-likeness (QED) is 0.540. The molecular weight excluding hydrogens is 412 g/mol. The van der Waals surface area contributed by atoms with Crippen molar-refractivity contribution < 1.29 is 13.2 Å². The third-order valence-electron chi connectivity index (χ3n) is 4.98. The van der Waals surface area contributed by atoms with Gasteiger partial charge in [0, 0.05) is 38.8 Å². The van der Waals surface area contributed by atoms with Gasteiger partial charge < -0.3 is 15.1 Å². The van der Waals surface area contributed by atoms with Crippen LogP contribution in [0.1, 0.15) is 44.0 Å². The van der Waals surface area contributed by atoms with E-state index in [4.69, 9.17) is 11.6 Å². The van der Waals surface area contributed by atoms with Crippen molar-refractivity contribution >= 4 is 27.5 Å². The van der Waals surface area contributed by atoms with Crippen LogP contribution in [0.2, 0.25) is 5.02 Å². The maximum absolute atomic E-state index is 12.5. The standard InChI is InChI=1S/C20H33ClN4O3S/c1-4-24-11-13-25(14-12-24)10-6-5-9-22-20(26)18-15-17(7-8-19(18)21)29(27,28)23-16(2)3/h7-8,15-16,23H,4-6,9-14H2,1-3H3,(H,22,26). The molecule has 1 aliphatic heterocycles. The van der Waals surface area contributed by atoms with Gasteiger partial charge in [-0.3, -0.25) is 4.79 Å². The van der Waals surface area contributed by atoms with Crippen LogP contribution in [0, 0.1) is 0 Å². The van der Waals surface area contributed by atoms with Crippen LogP contribution in [0.5, 0.6) is 0 Å². The Labute approximate surface area is 179 Å². The second-order valence-electron chi connectivity index (χ2n) is 7.66. The van der Waals surface area contributed by atoms with E-state index in [-0.39, 0.29) is 27.4 Å². The van der Waals surface area contributed by atoms with Gasteiger partial charge in [0.2, 0.25) is 10.0 Å². The van der Waals surface area contributed by atoms with Crippen molar-refractivity contribution in [3.8, 4) is 0 Å². The fraction of sp³-hybridized carbons (Fsp3) is 0.650. The van der Waals surface area contributed by atoms with Crippen LogP contribution in [0.4, 0.5) is 0 Å². The van der Waals surface area contributed by atoms with Crippen molar-refractivity contribution in [1.82, 2.24) is 19.8 Å². The number of benzene rings is 1. The summed E-state index contributed by atoms with van der Waals surface area (Å²) in [6.07, 6.45) is 1.87. The van der Waals surface area contributed by atoms with E-state index in [1.165, 1.54) is 18.2 Å². The van der Waals surface area contributed by atoms with Gasteiger partial charge in [-0.1, -0.05) is 18.5 Å². The van der Waals surface area contributed by atoms with Gasteiger partial charge in [-0.25, -0.2) is 13.1 Å². The molecule has 0 saturated carbocycles. The lowest BCUT2D eigenvalue weighted by molar-refractivity contribution is 0.0951. The van der Waals surface area contributed by atoms with Gasteiger partial charge >= 0.3 is 0 Å². The van der Waals surface area contributed by atoms with Crippen LogP contribution in [0.3, 0.4) is 0 Å². The summed E-state index contributed by atoms with van der Waals surface area (Å²) < 4.78 is 27.2. The van der Waals surface area contributed by atoms with Crippen molar-refractivity contribution in [2.75, 3.05) is 45.8 Å². The number of likely N-dealkylation sites (N-methyl/N-ethyl adjacent to an activating group) is 1. The number of nitrogens with one attached hydrogen (secondary N) is 2. The fourth-order valence-electron chi connectivity index (χ4n) is 3.31. The lowest BCUT2D eigenvalue weighted by atomic mass is 10.2. The van der Waals surface area contributed by atoms with E-state index in [1.807, 2.05) is 0 Å². The van der Waals surface area contributed by atoms with Crippen molar-refractivity contribution in [3.63, 3.8) is 0 Å². The van der Waals surface area contributed by atoms with Crippen molar-refractivity contribution in [2.24, 2.45) is 0 Å². The monoisotopic (exact) mass is 444 g/mol. The van der Waals surface area contributed by atoms with Crippen LogP contribution in [0.25, 0.3) is 0 Å². The number of rotatable bonds is 10. The van der Waals surface area contributed by atoms with E-state index in [9.17, 15) is 13.2 Å². The lowest BCUT2D eigenvalue weighted by Gasteiger charge is -2.33. The van der Waals surface area contributed by atoms with Gasteiger partial charge in [0.1, 0.15) is 0 Å². The topological polar surface area (TPSA) is 81.8 Å². The number of hydrogen-bond donors (Lipinski definition) is 2. The molecule has 7 nitrogen and oxygen atoms in total. The van der Waals surface area contributed by atoms with Crippen molar-refractivity contribution in [2.45, 2.75) is 44.6 Å². The molecule has 2 N–H and O–H groups in total. The summed E-state index contributed by atoms with van der Waals surface area (Å²) >= 11 is 6.13. The number of amides is 1. The highest BCUT2D eigenvalue weighted by molar-refractivity contribution is 7.89. The number of sulfonamides is 1. The maximum atomic E-state index is 12.5. The molecule has 1 saturated heterocycles. The third-order valence-corrected chi connectivity index (χ3v) is 6.97. The number of piperazine rings is 1. The molecule has 164 valence electrons. The van der Waals surface area contributed by atoms with E-state index in [0.717, 1.165) is 52.1 Å². The Kier molecular flexibility index (Phi) is 9.36. The summed E-state index contributed by atoms with van der Waals surface area (Å²) in [6, 6.07) is 3.94. The molecule has 0 aliphatic carbocycles. The maximum Gasteiger partial charge on any atom is 0.252 e. The molecule has 1 heterocycles. The first-order valence-electron chi connectivity index (χ1n) is 10.3. The normalized spacial score (nSPS) is 16.3. The molecule has 0 bridgehead atoms. The molecule has 9 heteroatoms. The number of carbonyl (C=O) groups is 1. The molecule has 29 heavy (non-hydrogen) atoms. The highest BCUT2D eigenvalue weighted by atomic mass is 35.5. The highest BCUT2D eigenvalue weighted by Crippen LogP contribution is 2.20. The molecule has 0 unspecified atom stereocenters. The SMILES string of the molecule is CCN1CCN(CCCCNC(=O)c2cc(S(=O)(=O)NC(C)C)ccc2Cl)CC1. The summed E-state index contributed by atoms with van der Waals surface area (Å²) in [6.45, 7) is 12.8. The van der Waals surface area contributed by atoms with Crippen LogP contribution in [-0.4, -0.2) is 76.0 Å².